The third kappa shape index (κ3) is 5.26. The quantitative estimate of drug-likeness (QED) is 0.818. The maximum absolute atomic E-state index is 12.5. The third-order valence-corrected chi connectivity index (χ3v) is 5.24. The van der Waals surface area contributed by atoms with E-state index in [-0.39, 0.29) is 18.8 Å². The molecule has 1 aromatic rings. The molecular weight excluding hydrogens is 316 g/mol. The van der Waals surface area contributed by atoms with Crippen LogP contribution in [-0.4, -0.2) is 44.6 Å². The Labute approximate surface area is 139 Å². The van der Waals surface area contributed by atoms with Gasteiger partial charge in [0.2, 0.25) is 0 Å². The van der Waals surface area contributed by atoms with Gasteiger partial charge in [0.1, 0.15) is 0 Å². The van der Waals surface area contributed by atoms with Crippen molar-refractivity contribution in [3.63, 3.8) is 0 Å². The Morgan fingerprint density at radius 1 is 1.22 bits per heavy atom. The van der Waals surface area contributed by atoms with Gasteiger partial charge < -0.3 is 9.47 Å². The van der Waals surface area contributed by atoms with Gasteiger partial charge in [0.25, 0.3) is 10.2 Å². The Kier molecular flexibility index (Phi) is 6.55. The number of hydrogen-bond acceptors (Lipinski definition) is 4. The highest BCUT2D eigenvalue weighted by Crippen LogP contribution is 2.15. The summed E-state index contributed by atoms with van der Waals surface area (Å²) in [6, 6.07) is 7.70. The molecule has 0 unspecified atom stereocenters. The van der Waals surface area contributed by atoms with Gasteiger partial charge in [-0.3, -0.25) is 0 Å². The Bertz CT molecular complexity index is 596. The van der Waals surface area contributed by atoms with Crippen LogP contribution in [0.25, 0.3) is 0 Å². The van der Waals surface area contributed by atoms with Gasteiger partial charge in [-0.1, -0.05) is 24.3 Å². The summed E-state index contributed by atoms with van der Waals surface area (Å²) in [5, 5.41) is 0. The number of nitrogens with one attached hydrogen (secondary N) is 1. The summed E-state index contributed by atoms with van der Waals surface area (Å²) in [5.41, 5.74) is 1.93. The van der Waals surface area contributed by atoms with E-state index in [0.717, 1.165) is 11.1 Å². The standard InChI is InChI=1S/C16H26N2O4S/c1-4-21-12-16-8-6-5-7-15(16)9-17-23(19,20)18-10-13(2)22-14(3)11-18/h5-8,13-14,17H,4,9-12H2,1-3H3/t13-,14+. The van der Waals surface area contributed by atoms with Gasteiger partial charge in [0, 0.05) is 26.2 Å². The molecule has 0 spiro atoms. The molecule has 7 heteroatoms. The molecule has 1 saturated heterocycles. The first-order valence-corrected chi connectivity index (χ1v) is 9.41. The molecule has 1 aliphatic rings. The second kappa shape index (κ2) is 8.21. The van der Waals surface area contributed by atoms with Crippen molar-refractivity contribution in [1.29, 1.82) is 0 Å². The van der Waals surface area contributed by atoms with E-state index in [2.05, 4.69) is 4.72 Å². The molecule has 2 atom stereocenters. The molecule has 2 rings (SSSR count). The van der Waals surface area contributed by atoms with Crippen LogP contribution < -0.4 is 4.72 Å². The molecule has 23 heavy (non-hydrogen) atoms. The maximum Gasteiger partial charge on any atom is 0.279 e. The number of nitrogens with zero attached hydrogens (tertiary/aromatic N) is 1. The molecular formula is C16H26N2O4S. The first-order chi connectivity index (χ1) is 10.9. The summed E-state index contributed by atoms with van der Waals surface area (Å²) < 4.78 is 40.2. The van der Waals surface area contributed by atoms with E-state index in [1.54, 1.807) is 0 Å². The molecule has 1 fully saturated rings. The monoisotopic (exact) mass is 342 g/mol. The molecule has 1 aromatic carbocycles. The minimum Gasteiger partial charge on any atom is -0.377 e. The minimum atomic E-state index is -3.52. The SMILES string of the molecule is CCOCc1ccccc1CNS(=O)(=O)N1C[C@@H](C)O[C@@H](C)C1. The fourth-order valence-corrected chi connectivity index (χ4v) is 4.00. The van der Waals surface area contributed by atoms with Crippen molar-refractivity contribution < 1.29 is 17.9 Å². The Hall–Kier alpha value is -0.990. The zero-order chi connectivity index (χ0) is 16.9. The molecule has 1 heterocycles. The summed E-state index contributed by atoms with van der Waals surface area (Å²) in [6.07, 6.45) is -0.193. The minimum absolute atomic E-state index is 0.0967. The van der Waals surface area contributed by atoms with E-state index in [1.165, 1.54) is 4.31 Å². The predicted octanol–water partition coefficient (Wildman–Crippen LogP) is 1.67. The van der Waals surface area contributed by atoms with Crippen molar-refractivity contribution in [3.05, 3.63) is 35.4 Å². The summed E-state index contributed by atoms with van der Waals surface area (Å²) in [4.78, 5) is 0. The van der Waals surface area contributed by atoms with Crippen molar-refractivity contribution in [2.75, 3.05) is 19.7 Å². The van der Waals surface area contributed by atoms with E-state index in [9.17, 15) is 8.42 Å². The van der Waals surface area contributed by atoms with Crippen LogP contribution in [0.2, 0.25) is 0 Å². The average molecular weight is 342 g/mol. The molecule has 1 N–H and O–H groups in total. The van der Waals surface area contributed by atoms with E-state index in [1.807, 2.05) is 45.0 Å². The fraction of sp³-hybridized carbons (Fsp3) is 0.625. The van der Waals surface area contributed by atoms with Crippen LogP contribution in [0.4, 0.5) is 0 Å². The van der Waals surface area contributed by atoms with Gasteiger partial charge in [0.05, 0.1) is 18.8 Å². The molecule has 6 nitrogen and oxygen atoms in total. The fourth-order valence-electron chi connectivity index (χ4n) is 2.67. The average Bonchev–Trinajstić information content (AvgIpc) is 2.51. The van der Waals surface area contributed by atoms with Crippen LogP contribution in [0.15, 0.2) is 24.3 Å². The highest BCUT2D eigenvalue weighted by atomic mass is 32.2. The predicted molar refractivity (Wildman–Crippen MR) is 89.1 cm³/mol. The van der Waals surface area contributed by atoms with Crippen molar-refractivity contribution in [1.82, 2.24) is 9.03 Å². The highest BCUT2D eigenvalue weighted by molar-refractivity contribution is 7.87. The zero-order valence-corrected chi connectivity index (χ0v) is 14.8. The molecule has 0 bridgehead atoms. The Morgan fingerprint density at radius 3 is 2.43 bits per heavy atom. The lowest BCUT2D eigenvalue weighted by molar-refractivity contribution is -0.0444. The van der Waals surface area contributed by atoms with E-state index >= 15 is 0 Å². The lowest BCUT2D eigenvalue weighted by Crippen LogP contribution is -2.51. The molecule has 0 amide bonds. The van der Waals surface area contributed by atoms with Crippen molar-refractivity contribution >= 4 is 10.2 Å². The smallest absolute Gasteiger partial charge is 0.279 e. The second-order valence-electron chi connectivity index (χ2n) is 5.81. The van der Waals surface area contributed by atoms with E-state index < -0.39 is 10.2 Å². The van der Waals surface area contributed by atoms with Gasteiger partial charge in [-0.05, 0) is 31.9 Å². The van der Waals surface area contributed by atoms with Gasteiger partial charge in [-0.2, -0.15) is 17.4 Å². The normalized spacial score (nSPS) is 23.1. The summed E-state index contributed by atoms with van der Waals surface area (Å²) in [7, 11) is -3.52. The first-order valence-electron chi connectivity index (χ1n) is 7.97. The Balaban J connectivity index is 2.02. The molecule has 0 aliphatic carbocycles. The molecule has 0 radical (unpaired) electrons. The van der Waals surface area contributed by atoms with Crippen LogP contribution in [0.3, 0.4) is 0 Å². The summed E-state index contributed by atoms with van der Waals surface area (Å²) >= 11 is 0. The summed E-state index contributed by atoms with van der Waals surface area (Å²) in [5.74, 6) is 0. The molecule has 0 saturated carbocycles. The summed E-state index contributed by atoms with van der Waals surface area (Å²) in [6.45, 7) is 7.83. The largest absolute Gasteiger partial charge is 0.377 e. The number of rotatable bonds is 7. The van der Waals surface area contributed by atoms with Gasteiger partial charge in [0.15, 0.2) is 0 Å². The topological polar surface area (TPSA) is 67.9 Å². The zero-order valence-electron chi connectivity index (χ0n) is 14.0. The first kappa shape index (κ1) is 18.4. The van der Waals surface area contributed by atoms with Gasteiger partial charge in [-0.25, -0.2) is 0 Å². The van der Waals surface area contributed by atoms with Crippen LogP contribution in [0, 0.1) is 0 Å². The number of benzene rings is 1. The lowest BCUT2D eigenvalue weighted by atomic mass is 10.1. The number of morpholine rings is 1. The second-order valence-corrected chi connectivity index (χ2v) is 7.56. The molecule has 130 valence electrons. The molecule has 1 aliphatic heterocycles. The van der Waals surface area contributed by atoms with Crippen molar-refractivity contribution in [3.8, 4) is 0 Å². The van der Waals surface area contributed by atoms with Crippen LogP contribution in [0.5, 0.6) is 0 Å². The van der Waals surface area contributed by atoms with Crippen molar-refractivity contribution in [2.24, 2.45) is 0 Å². The highest BCUT2D eigenvalue weighted by Gasteiger charge is 2.30. The van der Waals surface area contributed by atoms with Crippen molar-refractivity contribution in [2.45, 2.75) is 46.1 Å². The number of hydrogen-bond donors (Lipinski definition) is 1. The van der Waals surface area contributed by atoms with Gasteiger partial charge >= 0.3 is 0 Å². The lowest BCUT2D eigenvalue weighted by Gasteiger charge is -2.34. The molecule has 0 aromatic heterocycles. The van der Waals surface area contributed by atoms with E-state index in [0.29, 0.717) is 26.3 Å². The van der Waals surface area contributed by atoms with Crippen LogP contribution in [0.1, 0.15) is 31.9 Å². The maximum atomic E-state index is 12.5. The third-order valence-electron chi connectivity index (χ3n) is 3.75. The van der Waals surface area contributed by atoms with E-state index in [4.69, 9.17) is 9.47 Å². The van der Waals surface area contributed by atoms with Gasteiger partial charge in [-0.15, -0.1) is 0 Å². The van der Waals surface area contributed by atoms with Crippen LogP contribution >= 0.6 is 0 Å². The number of ether oxygens (including phenoxy) is 2. The van der Waals surface area contributed by atoms with Crippen LogP contribution in [-0.2, 0) is 32.8 Å². The Morgan fingerprint density at radius 2 is 1.83 bits per heavy atom.